The number of nitriles is 1. The molecule has 0 heterocycles. The summed E-state index contributed by atoms with van der Waals surface area (Å²) in [7, 11) is 0. The average molecular weight is 123 g/mol. The van der Waals surface area contributed by atoms with E-state index in [-0.39, 0.29) is 5.92 Å². The lowest BCUT2D eigenvalue weighted by Gasteiger charge is -2.03. The van der Waals surface area contributed by atoms with E-state index in [0.717, 1.165) is 0 Å². The predicted octanol–water partition coefficient (Wildman–Crippen LogP) is 2.50. The van der Waals surface area contributed by atoms with Crippen LogP contribution < -0.4 is 0 Å². The normalized spacial score (nSPS) is 11.9. The quantitative estimate of drug-likeness (QED) is 0.491. The highest BCUT2D eigenvalue weighted by molar-refractivity contribution is 5.15. The monoisotopic (exact) mass is 123 g/mol. The molecule has 1 heteroatoms. The fourth-order valence-corrected chi connectivity index (χ4v) is 0.530. The Morgan fingerprint density at radius 1 is 1.33 bits per heavy atom. The lowest BCUT2D eigenvalue weighted by atomic mass is 10.0. The molecule has 0 aliphatic heterocycles. The van der Waals surface area contributed by atoms with Crippen molar-refractivity contribution in [3.8, 4) is 6.07 Å². The van der Waals surface area contributed by atoms with E-state index in [9.17, 15) is 0 Å². The van der Waals surface area contributed by atoms with Gasteiger partial charge >= 0.3 is 0 Å². The Balaban J connectivity index is 4.25. The van der Waals surface area contributed by atoms with Crippen LogP contribution in [-0.4, -0.2) is 0 Å². The molecule has 0 spiro atoms. The first-order chi connectivity index (χ1) is 4.09. The molecule has 0 rings (SSSR count). The molecule has 1 unspecified atom stereocenters. The van der Waals surface area contributed by atoms with Gasteiger partial charge in [0, 0.05) is 0 Å². The number of rotatable bonds is 1. The molecule has 1 nitrogen and oxygen atoms in total. The Hall–Kier alpha value is -0.770. The van der Waals surface area contributed by atoms with Crippen LogP contribution in [0.4, 0.5) is 0 Å². The maximum absolute atomic E-state index is 8.47. The van der Waals surface area contributed by atoms with Crippen LogP contribution in [0, 0.1) is 17.2 Å². The molecule has 50 valence electrons. The number of allylic oxidation sites excluding steroid dienone is 2. The molecule has 0 saturated heterocycles. The third kappa shape index (κ3) is 2.32. The lowest BCUT2D eigenvalue weighted by Crippen LogP contribution is -1.92. The Morgan fingerprint density at radius 3 is 1.89 bits per heavy atom. The summed E-state index contributed by atoms with van der Waals surface area (Å²) in [5.41, 5.74) is 2.45. The van der Waals surface area contributed by atoms with Gasteiger partial charge in [0.25, 0.3) is 0 Å². The molecule has 0 aromatic carbocycles. The van der Waals surface area contributed by atoms with E-state index in [2.05, 4.69) is 6.07 Å². The van der Waals surface area contributed by atoms with E-state index >= 15 is 0 Å². The third-order valence-electron chi connectivity index (χ3n) is 1.63. The highest BCUT2D eigenvalue weighted by Crippen LogP contribution is 2.12. The van der Waals surface area contributed by atoms with Crippen molar-refractivity contribution in [2.45, 2.75) is 27.7 Å². The van der Waals surface area contributed by atoms with Crippen LogP contribution >= 0.6 is 0 Å². The third-order valence-corrected chi connectivity index (χ3v) is 1.63. The maximum atomic E-state index is 8.47. The van der Waals surface area contributed by atoms with E-state index < -0.39 is 0 Å². The highest BCUT2D eigenvalue weighted by Gasteiger charge is 2.01. The zero-order valence-electron chi connectivity index (χ0n) is 6.52. The average Bonchev–Trinajstić information content (AvgIpc) is 1.84. The van der Waals surface area contributed by atoms with E-state index in [1.165, 1.54) is 11.1 Å². The molecule has 9 heavy (non-hydrogen) atoms. The Labute approximate surface area is 57.0 Å². The second kappa shape index (κ2) is 3.29. The van der Waals surface area contributed by atoms with Crippen molar-refractivity contribution in [3.05, 3.63) is 11.1 Å². The van der Waals surface area contributed by atoms with E-state index in [4.69, 9.17) is 5.26 Å². The van der Waals surface area contributed by atoms with Crippen LogP contribution in [-0.2, 0) is 0 Å². The zero-order chi connectivity index (χ0) is 7.44. The zero-order valence-corrected chi connectivity index (χ0v) is 6.52. The van der Waals surface area contributed by atoms with Gasteiger partial charge in [-0.15, -0.1) is 0 Å². The molecule has 0 amide bonds. The summed E-state index contributed by atoms with van der Waals surface area (Å²) in [6.45, 7) is 7.98. The summed E-state index contributed by atoms with van der Waals surface area (Å²) in [5.74, 6) is 0.0787. The van der Waals surface area contributed by atoms with Crippen LogP contribution in [0.5, 0.6) is 0 Å². The van der Waals surface area contributed by atoms with Crippen LogP contribution in [0.15, 0.2) is 11.1 Å². The number of hydrogen-bond acceptors (Lipinski definition) is 1. The van der Waals surface area contributed by atoms with Crippen molar-refractivity contribution < 1.29 is 0 Å². The van der Waals surface area contributed by atoms with Gasteiger partial charge in [-0.05, 0) is 27.7 Å². The molecule has 0 aliphatic rings. The predicted molar refractivity (Wildman–Crippen MR) is 38.8 cm³/mol. The van der Waals surface area contributed by atoms with Crippen molar-refractivity contribution in [1.82, 2.24) is 0 Å². The fraction of sp³-hybridized carbons (Fsp3) is 0.625. The fourth-order valence-electron chi connectivity index (χ4n) is 0.530. The van der Waals surface area contributed by atoms with Gasteiger partial charge in [-0.25, -0.2) is 0 Å². The molecule has 0 aromatic heterocycles. The van der Waals surface area contributed by atoms with Gasteiger partial charge in [-0.2, -0.15) is 5.26 Å². The van der Waals surface area contributed by atoms with Gasteiger partial charge in [0.05, 0.1) is 12.0 Å². The summed E-state index contributed by atoms with van der Waals surface area (Å²) in [4.78, 5) is 0. The van der Waals surface area contributed by atoms with Crippen LogP contribution in [0.2, 0.25) is 0 Å². The molecule has 1 atom stereocenters. The first-order valence-corrected chi connectivity index (χ1v) is 3.13. The molecular weight excluding hydrogens is 110 g/mol. The second-order valence-corrected chi connectivity index (χ2v) is 2.53. The molecule has 0 radical (unpaired) electrons. The largest absolute Gasteiger partial charge is 0.198 e. The minimum atomic E-state index is 0.0787. The molecule has 0 saturated carbocycles. The molecular formula is C8H13N. The molecule has 0 fully saturated rings. The Morgan fingerprint density at radius 2 is 1.78 bits per heavy atom. The number of nitrogens with zero attached hydrogens (tertiary/aromatic N) is 1. The van der Waals surface area contributed by atoms with Gasteiger partial charge < -0.3 is 0 Å². The Bertz CT molecular complexity index is 156. The first-order valence-electron chi connectivity index (χ1n) is 3.13. The SMILES string of the molecule is CC(C)=C(C)C(C)C#N. The summed E-state index contributed by atoms with van der Waals surface area (Å²) >= 11 is 0. The van der Waals surface area contributed by atoms with Gasteiger partial charge in [0.15, 0.2) is 0 Å². The van der Waals surface area contributed by atoms with E-state index in [0.29, 0.717) is 0 Å². The van der Waals surface area contributed by atoms with E-state index in [1.807, 2.05) is 27.7 Å². The summed E-state index contributed by atoms with van der Waals surface area (Å²) < 4.78 is 0. The van der Waals surface area contributed by atoms with Crippen molar-refractivity contribution in [1.29, 1.82) is 5.26 Å². The maximum Gasteiger partial charge on any atom is 0.0697 e. The molecule has 0 aromatic rings. The van der Waals surface area contributed by atoms with Crippen LogP contribution in [0.25, 0.3) is 0 Å². The van der Waals surface area contributed by atoms with Crippen LogP contribution in [0.3, 0.4) is 0 Å². The van der Waals surface area contributed by atoms with Gasteiger partial charge in [-0.1, -0.05) is 11.1 Å². The molecule has 0 aliphatic carbocycles. The summed E-state index contributed by atoms with van der Waals surface area (Å²) in [6, 6.07) is 2.19. The van der Waals surface area contributed by atoms with E-state index in [1.54, 1.807) is 0 Å². The summed E-state index contributed by atoms with van der Waals surface area (Å²) in [5, 5.41) is 8.47. The van der Waals surface area contributed by atoms with Crippen molar-refractivity contribution >= 4 is 0 Å². The van der Waals surface area contributed by atoms with Gasteiger partial charge in [0.2, 0.25) is 0 Å². The second-order valence-electron chi connectivity index (χ2n) is 2.53. The van der Waals surface area contributed by atoms with Crippen molar-refractivity contribution in [2.75, 3.05) is 0 Å². The molecule has 0 bridgehead atoms. The van der Waals surface area contributed by atoms with Gasteiger partial charge in [-0.3, -0.25) is 0 Å². The van der Waals surface area contributed by atoms with Gasteiger partial charge in [0.1, 0.15) is 0 Å². The lowest BCUT2D eigenvalue weighted by molar-refractivity contribution is 0.859. The van der Waals surface area contributed by atoms with Crippen molar-refractivity contribution in [3.63, 3.8) is 0 Å². The topological polar surface area (TPSA) is 23.8 Å². The smallest absolute Gasteiger partial charge is 0.0697 e. The van der Waals surface area contributed by atoms with Crippen molar-refractivity contribution in [2.24, 2.45) is 5.92 Å². The minimum Gasteiger partial charge on any atom is -0.198 e. The summed E-state index contributed by atoms with van der Waals surface area (Å²) in [6.07, 6.45) is 0. The standard InChI is InChI=1S/C8H13N/c1-6(2)8(4)7(3)5-9/h7H,1-4H3. The Kier molecular flexibility index (Phi) is 3.01. The minimum absolute atomic E-state index is 0.0787. The first kappa shape index (κ1) is 8.23. The van der Waals surface area contributed by atoms with Crippen LogP contribution in [0.1, 0.15) is 27.7 Å². The highest BCUT2D eigenvalue weighted by atomic mass is 14.3. The molecule has 0 N–H and O–H groups in total. The number of hydrogen-bond donors (Lipinski definition) is 0.